The summed E-state index contributed by atoms with van der Waals surface area (Å²) in [5.41, 5.74) is 0. The zero-order chi connectivity index (χ0) is 6.74. The maximum Gasteiger partial charge on any atom is 0.337 e. The molecular formula is C6H12O3Ti. The Morgan fingerprint density at radius 1 is 1.40 bits per heavy atom. The SMILES string of the molecule is CCCCOC1(C)OO1.[Ti]. The third-order valence-corrected chi connectivity index (χ3v) is 1.18. The van der Waals surface area contributed by atoms with Crippen LogP contribution in [0.5, 0.6) is 0 Å². The van der Waals surface area contributed by atoms with Gasteiger partial charge in [0, 0.05) is 28.6 Å². The van der Waals surface area contributed by atoms with E-state index in [1.165, 1.54) is 0 Å². The Labute approximate surface area is 75.8 Å². The number of rotatable bonds is 4. The van der Waals surface area contributed by atoms with E-state index in [0.717, 1.165) is 12.8 Å². The topological polar surface area (TPSA) is 34.3 Å². The van der Waals surface area contributed by atoms with Gasteiger partial charge in [-0.2, -0.15) is 9.78 Å². The predicted molar refractivity (Wildman–Crippen MR) is 31.4 cm³/mol. The molecule has 4 heteroatoms. The van der Waals surface area contributed by atoms with Crippen LogP contribution in [-0.2, 0) is 36.2 Å². The fourth-order valence-electron chi connectivity index (χ4n) is 0.509. The molecule has 0 saturated carbocycles. The molecule has 0 aromatic rings. The molecule has 10 heavy (non-hydrogen) atoms. The number of unbranched alkanes of at least 4 members (excludes halogenated alkanes) is 1. The fraction of sp³-hybridized carbons (Fsp3) is 1.00. The van der Waals surface area contributed by atoms with Gasteiger partial charge in [0.05, 0.1) is 6.61 Å². The summed E-state index contributed by atoms with van der Waals surface area (Å²) in [7, 11) is 0. The van der Waals surface area contributed by atoms with Crippen molar-refractivity contribution >= 4 is 0 Å². The summed E-state index contributed by atoms with van der Waals surface area (Å²) in [6, 6.07) is 0. The maximum absolute atomic E-state index is 5.14. The zero-order valence-corrected chi connectivity index (χ0v) is 7.91. The van der Waals surface area contributed by atoms with Crippen molar-refractivity contribution in [3.8, 4) is 0 Å². The standard InChI is InChI=1S/C6H12O3.Ti/c1-3-4-5-7-6(2)8-9-6;/h3-5H2,1-2H3;. The van der Waals surface area contributed by atoms with Crippen molar-refractivity contribution in [1.82, 2.24) is 0 Å². The summed E-state index contributed by atoms with van der Waals surface area (Å²) in [5, 5.41) is 0. The quantitative estimate of drug-likeness (QED) is 0.284. The summed E-state index contributed by atoms with van der Waals surface area (Å²) >= 11 is 0. The van der Waals surface area contributed by atoms with Gasteiger partial charge >= 0.3 is 5.97 Å². The van der Waals surface area contributed by atoms with Crippen LogP contribution in [0.3, 0.4) is 0 Å². The first kappa shape index (κ1) is 10.6. The van der Waals surface area contributed by atoms with Gasteiger partial charge in [0.2, 0.25) is 0 Å². The fourth-order valence-corrected chi connectivity index (χ4v) is 0.509. The van der Waals surface area contributed by atoms with E-state index in [1.807, 2.05) is 0 Å². The molecule has 0 aromatic heterocycles. The molecule has 58 valence electrons. The Morgan fingerprint density at radius 2 is 2.00 bits per heavy atom. The van der Waals surface area contributed by atoms with Gasteiger partial charge in [-0.05, 0) is 6.42 Å². The Bertz CT molecular complexity index is 93.0. The average molecular weight is 180 g/mol. The van der Waals surface area contributed by atoms with Crippen LogP contribution >= 0.6 is 0 Å². The second-order valence-electron chi connectivity index (χ2n) is 2.23. The molecule has 1 aliphatic heterocycles. The van der Waals surface area contributed by atoms with Crippen molar-refractivity contribution in [2.75, 3.05) is 6.61 Å². The molecule has 0 bridgehead atoms. The van der Waals surface area contributed by atoms with Crippen LogP contribution < -0.4 is 0 Å². The molecule has 3 nitrogen and oxygen atoms in total. The third kappa shape index (κ3) is 3.69. The van der Waals surface area contributed by atoms with Crippen LogP contribution in [0.4, 0.5) is 0 Å². The van der Waals surface area contributed by atoms with Crippen LogP contribution in [0.2, 0.25) is 0 Å². The molecule has 1 aliphatic rings. The first-order valence-corrected chi connectivity index (χ1v) is 3.27. The molecule has 0 spiro atoms. The zero-order valence-electron chi connectivity index (χ0n) is 6.35. The maximum atomic E-state index is 5.14. The van der Waals surface area contributed by atoms with E-state index in [2.05, 4.69) is 16.7 Å². The second-order valence-corrected chi connectivity index (χ2v) is 2.23. The number of hydrogen-bond acceptors (Lipinski definition) is 3. The normalized spacial score (nSPS) is 19.8. The Morgan fingerprint density at radius 3 is 2.40 bits per heavy atom. The van der Waals surface area contributed by atoms with Gasteiger partial charge in [-0.3, -0.25) is 0 Å². The monoisotopic (exact) mass is 180 g/mol. The van der Waals surface area contributed by atoms with Gasteiger partial charge < -0.3 is 4.74 Å². The van der Waals surface area contributed by atoms with E-state index >= 15 is 0 Å². The molecule has 0 amide bonds. The van der Waals surface area contributed by atoms with Crippen LogP contribution in [0.15, 0.2) is 0 Å². The van der Waals surface area contributed by atoms with Gasteiger partial charge in [-0.1, -0.05) is 13.3 Å². The number of hydrogen-bond donors (Lipinski definition) is 0. The van der Waals surface area contributed by atoms with Gasteiger partial charge in [0.1, 0.15) is 0 Å². The van der Waals surface area contributed by atoms with Crippen LogP contribution in [0.1, 0.15) is 26.7 Å². The molecule has 0 unspecified atom stereocenters. The summed E-state index contributed by atoms with van der Waals surface area (Å²) in [4.78, 5) is 9.04. The van der Waals surface area contributed by atoms with E-state index < -0.39 is 5.97 Å². The molecule has 1 rings (SSSR count). The second kappa shape index (κ2) is 4.47. The molecule has 0 N–H and O–H groups in total. The van der Waals surface area contributed by atoms with E-state index in [4.69, 9.17) is 4.74 Å². The number of ether oxygens (including phenoxy) is 1. The van der Waals surface area contributed by atoms with E-state index in [1.54, 1.807) is 6.92 Å². The summed E-state index contributed by atoms with van der Waals surface area (Å²) < 4.78 is 5.14. The largest absolute Gasteiger partial charge is 0.337 e. The molecule has 1 fully saturated rings. The molecule has 0 radical (unpaired) electrons. The Kier molecular flexibility index (Phi) is 4.73. The van der Waals surface area contributed by atoms with Gasteiger partial charge in [0.15, 0.2) is 0 Å². The van der Waals surface area contributed by atoms with Crippen LogP contribution in [0, 0.1) is 0 Å². The van der Waals surface area contributed by atoms with Crippen LogP contribution in [-0.4, -0.2) is 12.6 Å². The summed E-state index contributed by atoms with van der Waals surface area (Å²) in [6.45, 7) is 4.58. The minimum absolute atomic E-state index is 0. The summed E-state index contributed by atoms with van der Waals surface area (Å²) in [6.07, 6.45) is 2.19. The minimum atomic E-state index is -0.699. The smallest absolute Gasteiger partial charge is 0.324 e. The molecule has 1 saturated heterocycles. The molecule has 0 aromatic carbocycles. The van der Waals surface area contributed by atoms with Crippen molar-refractivity contribution in [1.29, 1.82) is 0 Å². The van der Waals surface area contributed by atoms with Crippen molar-refractivity contribution in [2.45, 2.75) is 32.7 Å². The van der Waals surface area contributed by atoms with Crippen molar-refractivity contribution in [3.63, 3.8) is 0 Å². The van der Waals surface area contributed by atoms with Gasteiger partial charge in [-0.25, -0.2) is 0 Å². The molecule has 1 heterocycles. The first-order chi connectivity index (χ1) is 4.27. The molecule has 0 aliphatic carbocycles. The van der Waals surface area contributed by atoms with Crippen molar-refractivity contribution in [3.05, 3.63) is 0 Å². The van der Waals surface area contributed by atoms with E-state index in [0.29, 0.717) is 6.61 Å². The predicted octanol–water partition coefficient (Wildman–Crippen LogP) is 1.44. The minimum Gasteiger partial charge on any atom is -0.324 e. The van der Waals surface area contributed by atoms with E-state index in [-0.39, 0.29) is 21.7 Å². The Hall–Kier alpha value is 0.594. The molecule has 0 atom stereocenters. The first-order valence-electron chi connectivity index (χ1n) is 3.27. The van der Waals surface area contributed by atoms with Gasteiger partial charge in [-0.15, -0.1) is 0 Å². The summed E-state index contributed by atoms with van der Waals surface area (Å²) in [5.74, 6) is -0.699. The third-order valence-electron chi connectivity index (χ3n) is 1.18. The average Bonchev–Trinajstić information content (AvgIpc) is 2.50. The van der Waals surface area contributed by atoms with Crippen molar-refractivity contribution < 1.29 is 36.2 Å². The Balaban J connectivity index is 0.000000810. The van der Waals surface area contributed by atoms with Crippen molar-refractivity contribution in [2.24, 2.45) is 0 Å². The van der Waals surface area contributed by atoms with Gasteiger partial charge in [0.25, 0.3) is 0 Å². The van der Waals surface area contributed by atoms with E-state index in [9.17, 15) is 0 Å². The van der Waals surface area contributed by atoms with Crippen LogP contribution in [0.25, 0.3) is 0 Å². The molecular weight excluding hydrogens is 168 g/mol.